The topological polar surface area (TPSA) is 77.0 Å². The Morgan fingerprint density at radius 1 is 1.16 bits per heavy atom. The zero-order valence-electron chi connectivity index (χ0n) is 25.1. The summed E-state index contributed by atoms with van der Waals surface area (Å²) in [5.41, 5.74) is 2.18. The lowest BCUT2D eigenvalue weighted by Crippen LogP contribution is -2.52. The van der Waals surface area contributed by atoms with E-state index in [0.717, 1.165) is 62.4 Å². The molecule has 8 nitrogen and oxygen atoms in total. The molecule has 0 amide bonds. The van der Waals surface area contributed by atoms with Gasteiger partial charge in [0.05, 0.1) is 24.7 Å². The number of piperazine rings is 1. The van der Waals surface area contributed by atoms with Crippen molar-refractivity contribution in [3.63, 3.8) is 0 Å². The summed E-state index contributed by atoms with van der Waals surface area (Å²) in [6.45, 7) is 3.81. The first-order valence-corrected chi connectivity index (χ1v) is 15.3. The molecule has 0 radical (unpaired) electrons. The van der Waals surface area contributed by atoms with Gasteiger partial charge in [0.25, 0.3) is 0 Å². The van der Waals surface area contributed by atoms with Gasteiger partial charge in [-0.3, -0.25) is 4.90 Å². The molecule has 224 valence electrons. The molecule has 10 heteroatoms. The first-order valence-electron chi connectivity index (χ1n) is 15.8. The molecule has 6 heterocycles. The summed E-state index contributed by atoms with van der Waals surface area (Å²) >= 11 is 0. The summed E-state index contributed by atoms with van der Waals surface area (Å²) in [6, 6.07) is 7.29. The second-order valence-corrected chi connectivity index (χ2v) is 12.8. The Bertz CT molecular complexity index is 1690. The van der Waals surface area contributed by atoms with Crippen molar-refractivity contribution in [3.05, 3.63) is 46.9 Å². The highest BCUT2D eigenvalue weighted by Gasteiger charge is 2.49. The zero-order valence-corrected chi connectivity index (χ0v) is 24.1. The fraction of sp³-hybridized carbons (Fsp3) is 0.515. The van der Waals surface area contributed by atoms with E-state index in [1.54, 1.807) is 18.2 Å². The van der Waals surface area contributed by atoms with Gasteiger partial charge in [-0.25, -0.2) is 8.78 Å². The summed E-state index contributed by atoms with van der Waals surface area (Å²) in [4.78, 5) is 16.4. The van der Waals surface area contributed by atoms with E-state index in [2.05, 4.69) is 25.9 Å². The molecule has 4 saturated heterocycles. The van der Waals surface area contributed by atoms with Crippen molar-refractivity contribution in [2.45, 2.75) is 68.8 Å². The number of rotatable bonds is 5. The lowest BCUT2D eigenvalue weighted by molar-refractivity contribution is 0.107. The second-order valence-electron chi connectivity index (χ2n) is 12.8. The van der Waals surface area contributed by atoms with Crippen molar-refractivity contribution in [3.8, 4) is 24.1 Å². The van der Waals surface area contributed by atoms with Crippen molar-refractivity contribution in [1.29, 1.82) is 0 Å². The molecule has 0 unspecified atom stereocenters. The van der Waals surface area contributed by atoms with Gasteiger partial charge in [-0.15, -0.1) is 6.42 Å². The van der Waals surface area contributed by atoms with Gasteiger partial charge in [-0.2, -0.15) is 9.97 Å². The summed E-state index contributed by atoms with van der Waals surface area (Å²) in [7, 11) is 0. The Kier molecular flexibility index (Phi) is 6.12. The third-order valence-electron chi connectivity index (χ3n) is 10.1. The first-order chi connectivity index (χ1) is 21.2. The van der Waals surface area contributed by atoms with Crippen LogP contribution in [0.25, 0.3) is 10.8 Å². The van der Waals surface area contributed by atoms with E-state index < -0.39 is 17.5 Å². The second kappa shape index (κ2) is 10.2. The van der Waals surface area contributed by atoms with Crippen molar-refractivity contribution >= 4 is 22.3 Å². The molecule has 43 heavy (non-hydrogen) atoms. The number of terminal acetylenes is 1. The Hall–Kier alpha value is -3.68. The number of phenols is 1. The van der Waals surface area contributed by atoms with E-state index in [4.69, 9.17) is 22.5 Å². The van der Waals surface area contributed by atoms with Crippen molar-refractivity contribution in [2.75, 3.05) is 49.1 Å². The maximum atomic E-state index is 14.8. The predicted octanol–water partition coefficient (Wildman–Crippen LogP) is 3.91. The number of alkyl halides is 1. The monoisotopic (exact) mass is 587 g/mol. The van der Waals surface area contributed by atoms with Crippen LogP contribution < -0.4 is 19.9 Å². The molecule has 8 rings (SSSR count). The van der Waals surface area contributed by atoms with E-state index >= 15 is 0 Å². The Morgan fingerprint density at radius 2 is 2.00 bits per heavy atom. The first kappa shape index (κ1) is 25.8. The van der Waals surface area contributed by atoms with Crippen LogP contribution >= 0.6 is 0 Å². The minimum atomic E-state index is -1.98. The molecular formula is C33H36F2N6O2. The van der Waals surface area contributed by atoms with Gasteiger partial charge in [0, 0.05) is 67.4 Å². The van der Waals surface area contributed by atoms with E-state index in [0.29, 0.717) is 48.1 Å². The Balaban J connectivity index is 1.17. The number of ether oxygens (including phenoxy) is 1. The predicted molar refractivity (Wildman–Crippen MR) is 161 cm³/mol. The molecule has 3 aromatic rings. The quantitative estimate of drug-likeness (QED) is 0.436. The van der Waals surface area contributed by atoms with Crippen LogP contribution in [-0.2, 0) is 13.0 Å². The molecule has 4 fully saturated rings. The van der Waals surface area contributed by atoms with Gasteiger partial charge >= 0.3 is 6.01 Å². The molecule has 2 bridgehead atoms. The number of halogens is 2. The number of fused-ring (bicyclic) bond motifs is 5. The lowest BCUT2D eigenvalue weighted by Gasteiger charge is -2.38. The number of hydrogen-bond acceptors (Lipinski definition) is 8. The van der Waals surface area contributed by atoms with Crippen LogP contribution in [0.5, 0.6) is 11.8 Å². The fourth-order valence-electron chi connectivity index (χ4n) is 8.16. The molecular weight excluding hydrogens is 550 g/mol. The van der Waals surface area contributed by atoms with Crippen LogP contribution in [0, 0.1) is 18.2 Å². The van der Waals surface area contributed by atoms with Crippen LogP contribution in [0.4, 0.5) is 20.3 Å². The van der Waals surface area contributed by atoms with Crippen LogP contribution in [0.1, 0.15) is 50.3 Å². The molecule has 0 spiro atoms. The third-order valence-corrected chi connectivity index (χ3v) is 10.1. The minimum Gasteiger partial charge on any atom is -0.508 e. The molecule has 2 aromatic carbocycles. The molecule has 1 aromatic heterocycles. The van der Waals surface area contributed by atoms with Crippen LogP contribution in [0.3, 0.4) is 0 Å². The maximum absolute atomic E-state index is 14.8. The summed E-state index contributed by atoms with van der Waals surface area (Å²) in [5.74, 6) is 2.99. The molecule has 5 aliphatic heterocycles. The van der Waals surface area contributed by atoms with E-state index in [-0.39, 0.29) is 36.9 Å². The number of nitrogens with one attached hydrogen (secondary N) is 1. The highest BCUT2D eigenvalue weighted by atomic mass is 19.1. The number of hydrogen-bond donors (Lipinski definition) is 2. The average Bonchev–Trinajstić information content (AvgIpc) is 3.62. The molecule has 5 aliphatic rings. The van der Waals surface area contributed by atoms with Gasteiger partial charge in [0.1, 0.15) is 30.1 Å². The third kappa shape index (κ3) is 4.56. The number of aromatic nitrogens is 2. The number of benzene rings is 2. The molecule has 0 saturated carbocycles. The van der Waals surface area contributed by atoms with E-state index in [9.17, 15) is 13.9 Å². The van der Waals surface area contributed by atoms with Crippen LogP contribution in [0.2, 0.25) is 0 Å². The number of nitrogens with zero attached hydrogens (tertiary/aromatic N) is 5. The summed E-state index contributed by atoms with van der Waals surface area (Å²) in [5, 5.41) is 15.5. The van der Waals surface area contributed by atoms with E-state index in [1.807, 2.05) is 0 Å². The van der Waals surface area contributed by atoms with Gasteiger partial charge in [-0.1, -0.05) is 12.0 Å². The fourth-order valence-corrected chi connectivity index (χ4v) is 8.16. The SMILES string of the molecule is [2H][C@]1(F)CN2CCC[C@@]2(COc2nc3c(c(N4C[C@H]5CC[C@@H](C4)N5)n2)CCN(c2cc(O)cc4ccc(F)c(C#C)c24)C3)C1. The number of phenolic OH excluding ortho intramolecular Hbond substituents is 1. The molecule has 2 N–H and O–H groups in total. The standard InChI is InChI=1S/C33H36F2N6O2/c1-2-25-27(35)7-4-20-12-24(42)13-29(30(20)25)39-11-8-26-28(18-39)37-32(38-31(26)40-16-22-5-6-23(17-40)36-22)43-19-33-9-3-10-41(33)15-21(34)14-33/h1,4,7,12-13,21-23,36,42H,3,5-6,8-11,14-19H2/t21-,22-,23+,33+/m1/s1/i21D. The highest BCUT2D eigenvalue weighted by Crippen LogP contribution is 2.42. The zero-order chi connectivity index (χ0) is 30.2. The Labute approximate surface area is 251 Å². The van der Waals surface area contributed by atoms with Gasteiger partial charge in [0.2, 0.25) is 0 Å². The minimum absolute atomic E-state index is 0.0758. The van der Waals surface area contributed by atoms with E-state index in [1.165, 1.54) is 6.07 Å². The summed E-state index contributed by atoms with van der Waals surface area (Å²) in [6.07, 6.45) is 8.56. The van der Waals surface area contributed by atoms with Crippen molar-refractivity contribution in [1.82, 2.24) is 20.2 Å². The van der Waals surface area contributed by atoms with Crippen molar-refractivity contribution in [2.24, 2.45) is 0 Å². The highest BCUT2D eigenvalue weighted by molar-refractivity contribution is 6.00. The summed E-state index contributed by atoms with van der Waals surface area (Å²) < 4.78 is 44.1. The Morgan fingerprint density at radius 3 is 2.81 bits per heavy atom. The van der Waals surface area contributed by atoms with Gasteiger partial charge in [-0.05, 0) is 56.2 Å². The maximum Gasteiger partial charge on any atom is 0.318 e. The van der Waals surface area contributed by atoms with Crippen molar-refractivity contribution < 1.29 is 20.0 Å². The van der Waals surface area contributed by atoms with Crippen LogP contribution in [0.15, 0.2) is 24.3 Å². The average molecular weight is 588 g/mol. The van der Waals surface area contributed by atoms with Crippen LogP contribution in [-0.4, -0.2) is 83.1 Å². The number of anilines is 2. The van der Waals surface area contributed by atoms with Gasteiger partial charge < -0.3 is 25.0 Å². The smallest absolute Gasteiger partial charge is 0.318 e. The molecule has 4 atom stereocenters. The lowest BCUT2D eigenvalue weighted by atomic mass is 9.95. The largest absolute Gasteiger partial charge is 0.508 e. The number of aromatic hydroxyl groups is 1. The molecule has 0 aliphatic carbocycles. The van der Waals surface area contributed by atoms with Gasteiger partial charge in [0.15, 0.2) is 0 Å². The normalized spacial score (nSPS) is 30.3.